The molecule has 0 saturated carbocycles. The first-order chi connectivity index (χ1) is 7.68. The van der Waals surface area contributed by atoms with E-state index in [1.165, 1.54) is 11.3 Å². The highest BCUT2D eigenvalue weighted by Gasteiger charge is 2.25. The van der Waals surface area contributed by atoms with Crippen molar-refractivity contribution in [1.82, 2.24) is 10.6 Å². The summed E-state index contributed by atoms with van der Waals surface area (Å²) in [6.07, 6.45) is -0.343. The highest BCUT2D eigenvalue weighted by molar-refractivity contribution is 7.12. The summed E-state index contributed by atoms with van der Waals surface area (Å²) in [4.78, 5) is 12.6. The van der Waals surface area contributed by atoms with Gasteiger partial charge in [-0.05, 0) is 23.9 Å². The van der Waals surface area contributed by atoms with Crippen LogP contribution >= 0.6 is 23.7 Å². The molecule has 0 spiro atoms. The fourth-order valence-corrected chi connectivity index (χ4v) is 2.68. The van der Waals surface area contributed by atoms with Gasteiger partial charge in [0.15, 0.2) is 0 Å². The Hall–Kier alpha value is -0.620. The average Bonchev–Trinajstić information content (AvgIpc) is 2.84. The van der Waals surface area contributed by atoms with E-state index in [-0.39, 0.29) is 30.3 Å². The van der Waals surface area contributed by atoms with Crippen molar-refractivity contribution in [3.63, 3.8) is 0 Å². The summed E-state index contributed by atoms with van der Waals surface area (Å²) < 4.78 is 0. The highest BCUT2D eigenvalue weighted by atomic mass is 35.5. The number of thiophene rings is 1. The molecule has 0 radical (unpaired) electrons. The van der Waals surface area contributed by atoms with Crippen LogP contribution in [0.1, 0.15) is 15.2 Å². The Morgan fingerprint density at radius 2 is 2.41 bits per heavy atom. The number of hydrogen-bond acceptors (Lipinski definition) is 4. The van der Waals surface area contributed by atoms with Crippen molar-refractivity contribution < 1.29 is 9.90 Å². The topological polar surface area (TPSA) is 61.4 Å². The predicted octanol–water partition coefficient (Wildman–Crippen LogP) is 0.788. The lowest BCUT2D eigenvalue weighted by Gasteiger charge is -2.13. The summed E-state index contributed by atoms with van der Waals surface area (Å²) in [7, 11) is 0. The highest BCUT2D eigenvalue weighted by Crippen LogP contribution is 2.15. The van der Waals surface area contributed by atoms with Gasteiger partial charge in [-0.2, -0.15) is 0 Å². The van der Waals surface area contributed by atoms with Gasteiger partial charge in [-0.25, -0.2) is 0 Å². The van der Waals surface area contributed by atoms with Crippen LogP contribution in [0.4, 0.5) is 0 Å². The van der Waals surface area contributed by atoms with Gasteiger partial charge in [-0.3, -0.25) is 4.79 Å². The zero-order valence-corrected chi connectivity index (χ0v) is 11.2. The van der Waals surface area contributed by atoms with Crippen molar-refractivity contribution in [2.24, 2.45) is 5.92 Å². The molecular weight excluding hydrogens is 260 g/mol. The minimum atomic E-state index is -0.343. The lowest BCUT2D eigenvalue weighted by molar-refractivity contribution is 0.0930. The number of carbonyl (C=O) groups excluding carboxylic acids is 1. The van der Waals surface area contributed by atoms with E-state index in [1.54, 1.807) is 0 Å². The van der Waals surface area contributed by atoms with Crippen molar-refractivity contribution in [3.05, 3.63) is 21.9 Å². The summed E-state index contributed by atoms with van der Waals surface area (Å²) in [5.41, 5.74) is 1.01. The fraction of sp³-hybridized carbons (Fsp3) is 0.545. The number of hydrogen-bond donors (Lipinski definition) is 3. The van der Waals surface area contributed by atoms with Crippen LogP contribution in [0.15, 0.2) is 11.4 Å². The molecule has 1 aromatic rings. The molecule has 2 rings (SSSR count). The van der Waals surface area contributed by atoms with E-state index in [1.807, 2.05) is 18.4 Å². The third-order valence-electron chi connectivity index (χ3n) is 2.90. The van der Waals surface area contributed by atoms with Gasteiger partial charge in [0.05, 0.1) is 11.0 Å². The van der Waals surface area contributed by atoms with Gasteiger partial charge in [0.25, 0.3) is 5.91 Å². The van der Waals surface area contributed by atoms with Crippen molar-refractivity contribution in [3.8, 4) is 0 Å². The molecule has 0 bridgehead atoms. The first kappa shape index (κ1) is 14.4. The van der Waals surface area contributed by atoms with Crippen LogP contribution in [0.25, 0.3) is 0 Å². The second kappa shape index (κ2) is 6.35. The molecule has 17 heavy (non-hydrogen) atoms. The quantitative estimate of drug-likeness (QED) is 0.765. The molecule has 2 atom stereocenters. The number of rotatable bonds is 3. The largest absolute Gasteiger partial charge is 0.391 e. The van der Waals surface area contributed by atoms with Gasteiger partial charge in [0.1, 0.15) is 0 Å². The molecule has 1 amide bonds. The Bertz CT molecular complexity index is 383. The number of halogens is 1. The zero-order chi connectivity index (χ0) is 11.5. The van der Waals surface area contributed by atoms with Crippen LogP contribution in [0, 0.1) is 12.8 Å². The van der Waals surface area contributed by atoms with Crippen LogP contribution in [-0.2, 0) is 0 Å². The maximum atomic E-state index is 11.8. The Labute approximate surface area is 111 Å². The molecule has 4 nitrogen and oxygen atoms in total. The minimum absolute atomic E-state index is 0. The van der Waals surface area contributed by atoms with Crippen LogP contribution in [0.3, 0.4) is 0 Å². The molecule has 3 N–H and O–H groups in total. The van der Waals surface area contributed by atoms with Crippen molar-refractivity contribution in [2.75, 3.05) is 19.6 Å². The van der Waals surface area contributed by atoms with E-state index in [4.69, 9.17) is 0 Å². The molecule has 96 valence electrons. The van der Waals surface area contributed by atoms with E-state index in [0.717, 1.165) is 17.0 Å². The first-order valence-electron chi connectivity index (χ1n) is 5.39. The van der Waals surface area contributed by atoms with E-state index in [2.05, 4.69) is 10.6 Å². The summed E-state index contributed by atoms with van der Waals surface area (Å²) in [5.74, 6) is 0.0934. The number of aryl methyl sites for hydroxylation is 1. The van der Waals surface area contributed by atoms with Crippen molar-refractivity contribution in [1.29, 1.82) is 0 Å². The molecule has 1 aliphatic rings. The maximum Gasteiger partial charge on any atom is 0.261 e. The first-order valence-corrected chi connectivity index (χ1v) is 6.27. The number of β-amino-alcohol motifs (C(OH)–C–C–N with tert-alkyl or cyclic N) is 1. The number of aliphatic hydroxyl groups is 1. The van der Waals surface area contributed by atoms with E-state index < -0.39 is 0 Å². The maximum absolute atomic E-state index is 11.8. The fourth-order valence-electron chi connectivity index (χ4n) is 1.84. The third-order valence-corrected chi connectivity index (χ3v) is 3.91. The Kier molecular flexibility index (Phi) is 5.39. The SMILES string of the molecule is Cc1ccsc1C(=O)NCC1CNCC1O.Cl. The molecule has 0 aromatic carbocycles. The lowest BCUT2D eigenvalue weighted by atomic mass is 10.1. The second-order valence-corrected chi connectivity index (χ2v) is 5.04. The van der Waals surface area contributed by atoms with Crippen LogP contribution in [-0.4, -0.2) is 36.8 Å². The molecule has 6 heteroatoms. The molecule has 2 unspecified atom stereocenters. The van der Waals surface area contributed by atoms with Gasteiger partial charge < -0.3 is 15.7 Å². The minimum Gasteiger partial charge on any atom is -0.391 e. The van der Waals surface area contributed by atoms with Crippen LogP contribution in [0.5, 0.6) is 0 Å². The van der Waals surface area contributed by atoms with E-state index in [0.29, 0.717) is 13.1 Å². The summed E-state index contributed by atoms with van der Waals surface area (Å²) in [5, 5.41) is 17.5. The molecule has 2 heterocycles. The average molecular weight is 277 g/mol. The summed E-state index contributed by atoms with van der Waals surface area (Å²) in [6.45, 7) is 3.85. The van der Waals surface area contributed by atoms with Gasteiger partial charge in [-0.15, -0.1) is 23.7 Å². The summed E-state index contributed by atoms with van der Waals surface area (Å²) in [6, 6.07) is 1.94. The van der Waals surface area contributed by atoms with E-state index in [9.17, 15) is 9.90 Å². The second-order valence-electron chi connectivity index (χ2n) is 4.13. The number of carbonyl (C=O) groups is 1. The number of amides is 1. The standard InChI is InChI=1S/C11H16N2O2S.ClH/c1-7-2-3-16-10(7)11(15)13-5-8-4-12-6-9(8)14;/h2-3,8-9,12,14H,4-6H2,1H3,(H,13,15);1H. The normalized spacial score (nSPS) is 23.2. The van der Waals surface area contributed by atoms with Gasteiger partial charge in [0.2, 0.25) is 0 Å². The molecule has 1 fully saturated rings. The predicted molar refractivity (Wildman–Crippen MR) is 71.0 cm³/mol. The Morgan fingerprint density at radius 3 is 2.94 bits per heavy atom. The lowest BCUT2D eigenvalue weighted by Crippen LogP contribution is -2.34. The van der Waals surface area contributed by atoms with Gasteiger partial charge in [-0.1, -0.05) is 0 Å². The molecule has 1 aliphatic heterocycles. The van der Waals surface area contributed by atoms with Crippen molar-refractivity contribution >= 4 is 29.7 Å². The molecule has 1 saturated heterocycles. The molecule has 0 aliphatic carbocycles. The number of nitrogens with one attached hydrogen (secondary N) is 2. The van der Waals surface area contributed by atoms with Gasteiger partial charge in [0, 0.05) is 25.6 Å². The Balaban J connectivity index is 0.00000144. The third kappa shape index (κ3) is 3.42. The van der Waals surface area contributed by atoms with E-state index >= 15 is 0 Å². The Morgan fingerprint density at radius 1 is 1.65 bits per heavy atom. The molecular formula is C11H17ClN2O2S. The number of aliphatic hydroxyl groups excluding tert-OH is 1. The monoisotopic (exact) mass is 276 g/mol. The van der Waals surface area contributed by atoms with Crippen molar-refractivity contribution in [2.45, 2.75) is 13.0 Å². The van der Waals surface area contributed by atoms with Crippen LogP contribution in [0.2, 0.25) is 0 Å². The zero-order valence-electron chi connectivity index (χ0n) is 9.60. The smallest absolute Gasteiger partial charge is 0.261 e. The summed E-state index contributed by atoms with van der Waals surface area (Å²) >= 11 is 1.45. The molecule has 1 aromatic heterocycles. The van der Waals surface area contributed by atoms with Crippen LogP contribution < -0.4 is 10.6 Å². The van der Waals surface area contributed by atoms with Gasteiger partial charge >= 0.3 is 0 Å².